The molecule has 1 heterocycles. The van der Waals surface area contributed by atoms with Gasteiger partial charge in [0.2, 0.25) is 5.91 Å². The van der Waals surface area contributed by atoms with E-state index in [0.717, 1.165) is 16.7 Å². The van der Waals surface area contributed by atoms with Crippen LogP contribution in [-0.2, 0) is 36.0 Å². The van der Waals surface area contributed by atoms with Crippen molar-refractivity contribution in [3.63, 3.8) is 0 Å². The molecule has 2 N–H and O–H groups in total. The highest BCUT2D eigenvalue weighted by atomic mass is 16.4. The molecule has 0 spiro atoms. The molecule has 6 heteroatoms. The number of carboxylic acid groups (broad SMARTS) is 1. The summed E-state index contributed by atoms with van der Waals surface area (Å²) >= 11 is 0. The van der Waals surface area contributed by atoms with Crippen LogP contribution < -0.4 is 5.32 Å². The number of nitrogens with zero attached hydrogens (tertiary/aromatic N) is 2. The van der Waals surface area contributed by atoms with E-state index in [9.17, 15) is 14.7 Å². The van der Waals surface area contributed by atoms with Gasteiger partial charge >= 0.3 is 5.97 Å². The van der Waals surface area contributed by atoms with E-state index >= 15 is 0 Å². The highest BCUT2D eigenvalue weighted by Gasteiger charge is 2.45. The van der Waals surface area contributed by atoms with Gasteiger partial charge in [-0.25, -0.2) is 0 Å². The van der Waals surface area contributed by atoms with E-state index in [4.69, 9.17) is 0 Å². The Kier molecular flexibility index (Phi) is 3.90. The minimum Gasteiger partial charge on any atom is -0.481 e. The Bertz CT molecular complexity index is 726. The zero-order chi connectivity index (χ0) is 16.4. The van der Waals surface area contributed by atoms with Gasteiger partial charge in [0.05, 0.1) is 18.0 Å². The fourth-order valence-corrected chi connectivity index (χ4v) is 3.28. The number of hydrogen-bond donors (Lipinski definition) is 2. The molecule has 0 aliphatic heterocycles. The number of rotatable bonds is 5. The normalized spacial score (nSPS) is 15.2. The quantitative estimate of drug-likeness (QED) is 0.871. The predicted molar refractivity (Wildman–Crippen MR) is 83.6 cm³/mol. The molecule has 3 rings (SSSR count). The lowest BCUT2D eigenvalue weighted by molar-refractivity contribution is -0.145. The van der Waals surface area contributed by atoms with Crippen LogP contribution in [0.2, 0.25) is 0 Å². The molecule has 23 heavy (non-hydrogen) atoms. The molecule has 0 fully saturated rings. The molecule has 0 radical (unpaired) electrons. The first kappa shape index (κ1) is 15.3. The lowest BCUT2D eigenvalue weighted by Crippen LogP contribution is -2.43. The highest BCUT2D eigenvalue weighted by Crippen LogP contribution is 2.40. The Morgan fingerprint density at radius 1 is 1.30 bits per heavy atom. The molecule has 0 unspecified atom stereocenters. The SMILES string of the molecule is Cn1cc(CNC(=O)C2(CC(=O)O)Cc3ccccc3C2)cn1. The number of aromatic nitrogens is 2. The van der Waals surface area contributed by atoms with Crippen LogP contribution >= 0.6 is 0 Å². The predicted octanol–water partition coefficient (Wildman–Crippen LogP) is 1.30. The van der Waals surface area contributed by atoms with Gasteiger partial charge in [-0.15, -0.1) is 0 Å². The summed E-state index contributed by atoms with van der Waals surface area (Å²) < 4.78 is 1.67. The van der Waals surface area contributed by atoms with Crippen LogP contribution in [0.5, 0.6) is 0 Å². The maximum absolute atomic E-state index is 12.7. The molecule has 0 atom stereocenters. The maximum Gasteiger partial charge on any atom is 0.304 e. The smallest absolute Gasteiger partial charge is 0.304 e. The van der Waals surface area contributed by atoms with Crippen LogP contribution in [0.1, 0.15) is 23.1 Å². The number of hydrogen-bond acceptors (Lipinski definition) is 3. The van der Waals surface area contributed by atoms with Crippen LogP contribution in [0, 0.1) is 5.41 Å². The molecule has 6 nitrogen and oxygen atoms in total. The third-order valence-corrected chi connectivity index (χ3v) is 4.36. The molecule has 2 aromatic rings. The Balaban J connectivity index is 1.77. The largest absolute Gasteiger partial charge is 0.481 e. The standard InChI is InChI=1S/C17H19N3O3/c1-20-11-12(10-19-20)9-18-16(23)17(8-15(21)22)6-13-4-2-3-5-14(13)7-17/h2-5,10-11H,6-9H2,1H3,(H,18,23)(H,21,22). The second-order valence-electron chi connectivity index (χ2n) is 6.18. The summed E-state index contributed by atoms with van der Waals surface area (Å²) in [6.07, 6.45) is 4.28. The Labute approximate surface area is 134 Å². The van der Waals surface area contributed by atoms with Gasteiger partial charge in [-0.05, 0) is 24.0 Å². The molecule has 1 aliphatic carbocycles. The number of nitrogens with one attached hydrogen (secondary N) is 1. The molecule has 1 amide bonds. The molecule has 0 saturated carbocycles. The van der Waals surface area contributed by atoms with Crippen LogP contribution in [-0.4, -0.2) is 26.8 Å². The van der Waals surface area contributed by atoms with Gasteiger partial charge in [0.1, 0.15) is 0 Å². The number of benzene rings is 1. The number of carbonyl (C=O) groups excluding carboxylic acids is 1. The summed E-state index contributed by atoms with van der Waals surface area (Å²) in [4.78, 5) is 24.1. The highest BCUT2D eigenvalue weighted by molar-refractivity contribution is 5.88. The first-order valence-corrected chi connectivity index (χ1v) is 7.53. The number of carboxylic acids is 1. The van der Waals surface area contributed by atoms with E-state index in [-0.39, 0.29) is 12.3 Å². The second-order valence-corrected chi connectivity index (χ2v) is 6.18. The zero-order valence-electron chi connectivity index (χ0n) is 13.0. The van der Waals surface area contributed by atoms with E-state index in [1.165, 1.54) is 0 Å². The van der Waals surface area contributed by atoms with Crippen LogP contribution in [0.15, 0.2) is 36.7 Å². The van der Waals surface area contributed by atoms with Gasteiger partial charge in [-0.1, -0.05) is 24.3 Å². The van der Waals surface area contributed by atoms with Crippen molar-refractivity contribution in [1.29, 1.82) is 0 Å². The minimum atomic E-state index is -0.950. The van der Waals surface area contributed by atoms with E-state index < -0.39 is 11.4 Å². The average molecular weight is 313 g/mol. The fourth-order valence-electron chi connectivity index (χ4n) is 3.28. The summed E-state index contributed by atoms with van der Waals surface area (Å²) in [5, 5.41) is 16.2. The third-order valence-electron chi connectivity index (χ3n) is 4.36. The Morgan fingerprint density at radius 3 is 2.48 bits per heavy atom. The summed E-state index contributed by atoms with van der Waals surface area (Å²) in [7, 11) is 1.81. The summed E-state index contributed by atoms with van der Waals surface area (Å²) in [5.74, 6) is -1.16. The van der Waals surface area contributed by atoms with E-state index in [2.05, 4.69) is 10.4 Å². The van der Waals surface area contributed by atoms with Crippen LogP contribution in [0.3, 0.4) is 0 Å². The topological polar surface area (TPSA) is 84.2 Å². The van der Waals surface area contributed by atoms with Crippen LogP contribution in [0.25, 0.3) is 0 Å². The molecule has 1 aromatic carbocycles. The number of amides is 1. The monoisotopic (exact) mass is 313 g/mol. The van der Waals surface area contributed by atoms with Gasteiger partial charge in [0, 0.05) is 25.4 Å². The lowest BCUT2D eigenvalue weighted by Gasteiger charge is -2.25. The van der Waals surface area contributed by atoms with Crippen molar-refractivity contribution in [2.75, 3.05) is 0 Å². The van der Waals surface area contributed by atoms with Gasteiger partial charge in [-0.2, -0.15) is 5.10 Å². The fraction of sp³-hybridized carbons (Fsp3) is 0.353. The molecule has 1 aromatic heterocycles. The van der Waals surface area contributed by atoms with E-state index in [1.54, 1.807) is 10.9 Å². The minimum absolute atomic E-state index is 0.166. The van der Waals surface area contributed by atoms with Crippen molar-refractivity contribution >= 4 is 11.9 Å². The molecule has 120 valence electrons. The number of carbonyl (C=O) groups is 2. The second kappa shape index (κ2) is 5.87. The van der Waals surface area contributed by atoms with Crippen LogP contribution in [0.4, 0.5) is 0 Å². The van der Waals surface area contributed by atoms with Gasteiger partial charge in [-0.3, -0.25) is 14.3 Å². The molecule has 0 saturated heterocycles. The first-order valence-electron chi connectivity index (χ1n) is 7.53. The summed E-state index contributed by atoms with van der Waals surface area (Å²) in [6, 6.07) is 7.77. The van der Waals surface area contributed by atoms with Crippen molar-refractivity contribution in [3.05, 3.63) is 53.3 Å². The third kappa shape index (κ3) is 3.11. The molecular formula is C17H19N3O3. The maximum atomic E-state index is 12.7. The Hall–Kier alpha value is -2.63. The lowest BCUT2D eigenvalue weighted by atomic mass is 9.80. The average Bonchev–Trinajstić information content (AvgIpc) is 3.07. The van der Waals surface area contributed by atoms with Gasteiger partial charge in [0.25, 0.3) is 0 Å². The van der Waals surface area contributed by atoms with Crippen molar-refractivity contribution in [2.24, 2.45) is 12.5 Å². The van der Waals surface area contributed by atoms with E-state index in [1.807, 2.05) is 37.5 Å². The van der Waals surface area contributed by atoms with Gasteiger partial charge in [0.15, 0.2) is 0 Å². The molecule has 1 aliphatic rings. The van der Waals surface area contributed by atoms with Crippen molar-refractivity contribution < 1.29 is 14.7 Å². The number of fused-ring (bicyclic) bond motifs is 1. The summed E-state index contributed by atoms with van der Waals surface area (Å²) in [5.41, 5.74) is 2.11. The van der Waals surface area contributed by atoms with Crippen molar-refractivity contribution in [1.82, 2.24) is 15.1 Å². The Morgan fingerprint density at radius 2 is 1.96 bits per heavy atom. The molecular weight excluding hydrogens is 294 g/mol. The molecule has 0 bridgehead atoms. The van der Waals surface area contributed by atoms with Crippen molar-refractivity contribution in [2.45, 2.75) is 25.8 Å². The first-order chi connectivity index (χ1) is 11.0. The van der Waals surface area contributed by atoms with Gasteiger partial charge < -0.3 is 10.4 Å². The van der Waals surface area contributed by atoms with Crippen molar-refractivity contribution in [3.8, 4) is 0 Å². The van der Waals surface area contributed by atoms with E-state index in [0.29, 0.717) is 19.4 Å². The number of aliphatic carboxylic acids is 1. The zero-order valence-corrected chi connectivity index (χ0v) is 13.0. The number of aryl methyl sites for hydroxylation is 1. The summed E-state index contributed by atoms with van der Waals surface area (Å²) in [6.45, 7) is 0.352.